The predicted octanol–water partition coefficient (Wildman–Crippen LogP) is 1.53. The minimum atomic E-state index is -0.613. The molecule has 2 atom stereocenters. The Morgan fingerprint density at radius 1 is 1.37 bits per heavy atom. The Morgan fingerprint density at radius 3 is 2.89 bits per heavy atom. The van der Waals surface area contributed by atoms with E-state index in [-0.39, 0.29) is 18.4 Å². The Morgan fingerprint density at radius 2 is 2.19 bits per heavy atom. The highest BCUT2D eigenvalue weighted by Gasteiger charge is 2.39. The number of rotatable bonds is 8. The average molecular weight is 392 g/mol. The summed E-state index contributed by atoms with van der Waals surface area (Å²) in [5.74, 6) is -0.340. The number of benzene rings is 1. The van der Waals surface area contributed by atoms with Crippen LogP contribution in [0.3, 0.4) is 0 Å². The lowest BCUT2D eigenvalue weighted by Gasteiger charge is -2.41. The molecule has 1 aliphatic heterocycles. The number of amides is 2. The van der Waals surface area contributed by atoms with Gasteiger partial charge in [-0.05, 0) is 54.9 Å². The first-order valence-corrected chi connectivity index (χ1v) is 9.81. The van der Waals surface area contributed by atoms with Gasteiger partial charge in [0, 0.05) is 24.7 Å². The highest BCUT2D eigenvalue weighted by atomic mass is 35.5. The second kappa shape index (κ2) is 8.87. The zero-order valence-electron chi connectivity index (χ0n) is 15.3. The van der Waals surface area contributed by atoms with Gasteiger partial charge in [-0.3, -0.25) is 9.59 Å². The van der Waals surface area contributed by atoms with E-state index in [2.05, 4.69) is 5.32 Å². The number of aliphatic hydroxyl groups is 1. The van der Waals surface area contributed by atoms with E-state index in [0.29, 0.717) is 38.8 Å². The van der Waals surface area contributed by atoms with Crippen LogP contribution in [0.2, 0.25) is 0 Å². The van der Waals surface area contributed by atoms with Gasteiger partial charge in [-0.15, -0.1) is 0 Å². The molecular formula is C20H26ClN3O3. The molecule has 0 aromatic heterocycles. The maximum Gasteiger partial charge on any atom is 0.243 e. The molecule has 0 bridgehead atoms. The number of hydrogen-bond acceptors (Lipinski definition) is 4. The Hall–Kier alpha value is -1.89. The first-order valence-electron chi connectivity index (χ1n) is 9.43. The first-order chi connectivity index (χ1) is 13.0. The molecule has 3 rings (SSSR count). The molecule has 1 aliphatic carbocycles. The molecule has 0 unspecified atom stereocenters. The molecule has 6 nitrogen and oxygen atoms in total. The van der Waals surface area contributed by atoms with Crippen LogP contribution in [0.4, 0.5) is 0 Å². The van der Waals surface area contributed by atoms with Crippen LogP contribution in [-0.2, 0) is 22.6 Å². The molecule has 1 heterocycles. The summed E-state index contributed by atoms with van der Waals surface area (Å²) in [6.45, 7) is 1.06. The van der Waals surface area contributed by atoms with E-state index in [1.165, 1.54) is 5.56 Å². The van der Waals surface area contributed by atoms with Gasteiger partial charge in [-0.25, -0.2) is 0 Å². The molecule has 4 N–H and O–H groups in total. The summed E-state index contributed by atoms with van der Waals surface area (Å²) in [5, 5.41) is 12.5. The second-order valence-electron chi connectivity index (χ2n) is 7.13. The third-order valence-corrected chi connectivity index (χ3v) is 5.60. The number of nitrogens with two attached hydrogens (primary N) is 1. The van der Waals surface area contributed by atoms with Crippen molar-refractivity contribution in [1.82, 2.24) is 10.2 Å². The standard InChI is InChI=1S/C20H26ClN3O3/c21-16-7-6-14-5-4-13(11-15(14)16)12-23-19(26)18-8-9-24(18)20(27)17(22)3-1-2-10-25/h4-5,7,11,17-18,25H,1-3,6,8-10,12,22H2,(H,23,26)/t17-,18+/m1/s1. The lowest BCUT2D eigenvalue weighted by Crippen LogP contribution is -2.61. The molecule has 7 heteroatoms. The molecule has 0 spiro atoms. The van der Waals surface area contributed by atoms with Crippen molar-refractivity contribution in [2.24, 2.45) is 5.73 Å². The van der Waals surface area contributed by atoms with E-state index < -0.39 is 12.1 Å². The number of nitrogens with one attached hydrogen (secondary N) is 1. The fourth-order valence-corrected chi connectivity index (χ4v) is 3.74. The van der Waals surface area contributed by atoms with Crippen LogP contribution < -0.4 is 11.1 Å². The molecule has 1 aromatic carbocycles. The maximum atomic E-state index is 12.5. The molecule has 146 valence electrons. The van der Waals surface area contributed by atoms with Crippen LogP contribution in [0.15, 0.2) is 24.3 Å². The molecule has 1 aromatic rings. The molecule has 0 saturated carbocycles. The minimum absolute atomic E-state index is 0.0966. The number of allylic oxidation sites excluding steroid dienone is 1. The van der Waals surface area contributed by atoms with Crippen molar-refractivity contribution in [3.05, 3.63) is 41.0 Å². The predicted molar refractivity (Wildman–Crippen MR) is 105 cm³/mol. The van der Waals surface area contributed by atoms with Crippen molar-refractivity contribution < 1.29 is 14.7 Å². The number of carbonyl (C=O) groups is 2. The topological polar surface area (TPSA) is 95.7 Å². The van der Waals surface area contributed by atoms with E-state index in [9.17, 15) is 9.59 Å². The van der Waals surface area contributed by atoms with Gasteiger partial charge in [0.1, 0.15) is 6.04 Å². The van der Waals surface area contributed by atoms with Gasteiger partial charge < -0.3 is 21.1 Å². The van der Waals surface area contributed by atoms with Gasteiger partial charge in [0.05, 0.1) is 6.04 Å². The van der Waals surface area contributed by atoms with Gasteiger partial charge in [0.15, 0.2) is 0 Å². The van der Waals surface area contributed by atoms with Crippen LogP contribution in [-0.4, -0.2) is 47.1 Å². The zero-order valence-corrected chi connectivity index (χ0v) is 16.0. The van der Waals surface area contributed by atoms with E-state index in [4.69, 9.17) is 22.4 Å². The highest BCUT2D eigenvalue weighted by Crippen LogP contribution is 2.31. The lowest BCUT2D eigenvalue weighted by atomic mass is 9.99. The quantitative estimate of drug-likeness (QED) is 0.585. The molecule has 1 fully saturated rings. The van der Waals surface area contributed by atoms with Crippen LogP contribution in [0.5, 0.6) is 0 Å². The van der Waals surface area contributed by atoms with E-state index >= 15 is 0 Å². The van der Waals surface area contributed by atoms with Crippen LogP contribution >= 0.6 is 11.6 Å². The number of unbranched alkanes of at least 4 members (excludes halogenated alkanes) is 1. The van der Waals surface area contributed by atoms with Crippen molar-refractivity contribution in [3.63, 3.8) is 0 Å². The summed E-state index contributed by atoms with van der Waals surface area (Å²) in [7, 11) is 0. The Bertz CT molecular complexity index is 750. The minimum Gasteiger partial charge on any atom is -0.396 e. The number of likely N-dealkylation sites (tertiary alicyclic amines) is 1. The SMILES string of the molecule is N[C@H](CCCCO)C(=O)N1CC[C@H]1C(=O)NCc1ccc2c(c1)C(Cl)=CC2. The average Bonchev–Trinajstić information content (AvgIpc) is 2.99. The van der Waals surface area contributed by atoms with E-state index in [1.807, 2.05) is 24.3 Å². The fraction of sp³-hybridized carbons (Fsp3) is 0.500. The summed E-state index contributed by atoms with van der Waals surface area (Å²) in [4.78, 5) is 26.4. The molecule has 27 heavy (non-hydrogen) atoms. The van der Waals surface area contributed by atoms with Crippen molar-refractivity contribution >= 4 is 28.4 Å². The summed E-state index contributed by atoms with van der Waals surface area (Å²) in [6.07, 6.45) is 5.33. The van der Waals surface area contributed by atoms with Crippen molar-refractivity contribution in [2.45, 2.75) is 50.7 Å². The van der Waals surface area contributed by atoms with Crippen LogP contribution in [0.1, 0.15) is 42.4 Å². The molecule has 2 aliphatic rings. The van der Waals surface area contributed by atoms with Gasteiger partial charge in [0.2, 0.25) is 11.8 Å². The number of nitrogens with zero attached hydrogens (tertiary/aromatic N) is 1. The third kappa shape index (κ3) is 4.51. The van der Waals surface area contributed by atoms with Crippen molar-refractivity contribution in [3.8, 4) is 0 Å². The number of halogens is 1. The number of aliphatic hydroxyl groups excluding tert-OH is 1. The highest BCUT2D eigenvalue weighted by molar-refractivity contribution is 6.49. The Labute approximate surface area is 164 Å². The number of carbonyl (C=O) groups excluding carboxylic acids is 2. The monoisotopic (exact) mass is 391 g/mol. The smallest absolute Gasteiger partial charge is 0.243 e. The van der Waals surface area contributed by atoms with Crippen LogP contribution in [0.25, 0.3) is 5.03 Å². The maximum absolute atomic E-state index is 12.5. The molecule has 2 amide bonds. The van der Waals surface area contributed by atoms with Crippen molar-refractivity contribution in [1.29, 1.82) is 0 Å². The number of fused-ring (bicyclic) bond motifs is 1. The molecular weight excluding hydrogens is 366 g/mol. The summed E-state index contributed by atoms with van der Waals surface area (Å²) in [5.41, 5.74) is 9.14. The van der Waals surface area contributed by atoms with Gasteiger partial charge in [0.25, 0.3) is 0 Å². The summed E-state index contributed by atoms with van der Waals surface area (Å²) < 4.78 is 0. The fourth-order valence-electron chi connectivity index (χ4n) is 3.49. The van der Waals surface area contributed by atoms with Crippen molar-refractivity contribution in [2.75, 3.05) is 13.2 Å². The largest absolute Gasteiger partial charge is 0.396 e. The first kappa shape index (κ1) is 19.9. The van der Waals surface area contributed by atoms with Gasteiger partial charge >= 0.3 is 0 Å². The van der Waals surface area contributed by atoms with Gasteiger partial charge in [-0.2, -0.15) is 0 Å². The summed E-state index contributed by atoms with van der Waals surface area (Å²) in [6, 6.07) is 4.97. The van der Waals surface area contributed by atoms with E-state index in [1.54, 1.807) is 4.90 Å². The lowest BCUT2D eigenvalue weighted by molar-refractivity contribution is -0.148. The zero-order chi connectivity index (χ0) is 19.4. The second-order valence-corrected chi connectivity index (χ2v) is 7.53. The molecule has 0 radical (unpaired) electrons. The Balaban J connectivity index is 1.50. The normalized spacial score (nSPS) is 19.1. The van der Waals surface area contributed by atoms with Crippen LogP contribution in [0, 0.1) is 0 Å². The molecule has 1 saturated heterocycles. The third-order valence-electron chi connectivity index (χ3n) is 5.25. The Kier molecular flexibility index (Phi) is 6.52. The van der Waals surface area contributed by atoms with Gasteiger partial charge in [-0.1, -0.05) is 29.8 Å². The van der Waals surface area contributed by atoms with E-state index in [0.717, 1.165) is 22.6 Å². The number of hydrogen-bond donors (Lipinski definition) is 3. The summed E-state index contributed by atoms with van der Waals surface area (Å²) >= 11 is 6.19.